The topological polar surface area (TPSA) is 38.0 Å². The zero-order valence-corrected chi connectivity index (χ0v) is 10.2. The summed E-state index contributed by atoms with van der Waals surface area (Å²) in [6.07, 6.45) is 5.06. The molecule has 0 aliphatic heterocycles. The SMILES string of the molecule is CCCC(C)CNCCC(C)CCN. The predicted molar refractivity (Wildman–Crippen MR) is 64.4 cm³/mol. The first-order chi connectivity index (χ1) is 6.70. The van der Waals surface area contributed by atoms with Crippen molar-refractivity contribution in [2.45, 2.75) is 46.5 Å². The predicted octanol–water partition coefficient (Wildman–Crippen LogP) is 2.39. The van der Waals surface area contributed by atoms with Gasteiger partial charge < -0.3 is 11.1 Å². The maximum absolute atomic E-state index is 5.50. The van der Waals surface area contributed by atoms with Crippen molar-refractivity contribution in [2.75, 3.05) is 19.6 Å². The molecule has 0 rings (SSSR count). The first-order valence-corrected chi connectivity index (χ1v) is 6.11. The number of rotatable bonds is 9. The van der Waals surface area contributed by atoms with Gasteiger partial charge in [0.15, 0.2) is 0 Å². The summed E-state index contributed by atoms with van der Waals surface area (Å²) in [5.74, 6) is 1.60. The van der Waals surface area contributed by atoms with E-state index < -0.39 is 0 Å². The van der Waals surface area contributed by atoms with Crippen LogP contribution >= 0.6 is 0 Å². The van der Waals surface area contributed by atoms with Crippen LogP contribution in [-0.4, -0.2) is 19.6 Å². The van der Waals surface area contributed by atoms with E-state index in [1.807, 2.05) is 0 Å². The van der Waals surface area contributed by atoms with Crippen molar-refractivity contribution >= 4 is 0 Å². The molecule has 0 bridgehead atoms. The molecule has 0 saturated carbocycles. The summed E-state index contributed by atoms with van der Waals surface area (Å²) in [7, 11) is 0. The summed E-state index contributed by atoms with van der Waals surface area (Å²) >= 11 is 0. The molecule has 0 aliphatic rings. The second-order valence-corrected chi connectivity index (χ2v) is 4.57. The van der Waals surface area contributed by atoms with Gasteiger partial charge in [-0.2, -0.15) is 0 Å². The van der Waals surface area contributed by atoms with Gasteiger partial charge in [0.05, 0.1) is 0 Å². The second-order valence-electron chi connectivity index (χ2n) is 4.57. The maximum Gasteiger partial charge on any atom is -0.00232 e. The van der Waals surface area contributed by atoms with Gasteiger partial charge in [0.25, 0.3) is 0 Å². The minimum Gasteiger partial charge on any atom is -0.330 e. The average Bonchev–Trinajstić information content (AvgIpc) is 2.13. The Hall–Kier alpha value is -0.0800. The van der Waals surface area contributed by atoms with Crippen LogP contribution < -0.4 is 11.1 Å². The van der Waals surface area contributed by atoms with Gasteiger partial charge in [0, 0.05) is 0 Å². The Morgan fingerprint density at radius 3 is 2.36 bits per heavy atom. The van der Waals surface area contributed by atoms with E-state index in [4.69, 9.17) is 5.73 Å². The molecule has 3 N–H and O–H groups in total. The van der Waals surface area contributed by atoms with Crippen molar-refractivity contribution in [3.05, 3.63) is 0 Å². The molecule has 0 aromatic carbocycles. The third-order valence-corrected chi connectivity index (χ3v) is 2.75. The molecule has 0 aliphatic carbocycles. The summed E-state index contributed by atoms with van der Waals surface area (Å²) in [5, 5.41) is 3.52. The lowest BCUT2D eigenvalue weighted by Gasteiger charge is -2.13. The van der Waals surface area contributed by atoms with Crippen LogP contribution in [0.5, 0.6) is 0 Å². The van der Waals surface area contributed by atoms with Crippen LogP contribution in [0.3, 0.4) is 0 Å². The van der Waals surface area contributed by atoms with E-state index in [1.165, 1.54) is 25.8 Å². The van der Waals surface area contributed by atoms with Crippen molar-refractivity contribution in [1.82, 2.24) is 5.32 Å². The average molecular weight is 200 g/mol. The van der Waals surface area contributed by atoms with Gasteiger partial charge in [-0.05, 0) is 50.7 Å². The van der Waals surface area contributed by atoms with Crippen LogP contribution in [0.25, 0.3) is 0 Å². The molecule has 14 heavy (non-hydrogen) atoms. The third-order valence-electron chi connectivity index (χ3n) is 2.75. The van der Waals surface area contributed by atoms with Gasteiger partial charge in [0.2, 0.25) is 0 Å². The third kappa shape index (κ3) is 8.52. The highest BCUT2D eigenvalue weighted by molar-refractivity contribution is 4.59. The van der Waals surface area contributed by atoms with Crippen molar-refractivity contribution in [1.29, 1.82) is 0 Å². The molecule has 2 unspecified atom stereocenters. The zero-order chi connectivity index (χ0) is 10.8. The summed E-state index contributed by atoms with van der Waals surface area (Å²) in [5.41, 5.74) is 5.50. The molecule has 0 aromatic heterocycles. The molecule has 0 aromatic rings. The van der Waals surface area contributed by atoms with Gasteiger partial charge in [-0.1, -0.05) is 27.2 Å². The minimum atomic E-state index is 0.772. The first kappa shape index (κ1) is 13.9. The summed E-state index contributed by atoms with van der Waals surface area (Å²) in [6, 6.07) is 0. The molecular weight excluding hydrogens is 172 g/mol. The smallest absolute Gasteiger partial charge is 0.00232 e. The summed E-state index contributed by atoms with van der Waals surface area (Å²) in [6.45, 7) is 10.00. The Bertz CT molecular complexity index is 101. The highest BCUT2D eigenvalue weighted by Gasteiger charge is 2.02. The van der Waals surface area contributed by atoms with Crippen LogP contribution in [-0.2, 0) is 0 Å². The van der Waals surface area contributed by atoms with E-state index in [2.05, 4.69) is 26.1 Å². The van der Waals surface area contributed by atoms with E-state index in [1.54, 1.807) is 0 Å². The standard InChI is InChI=1S/C12H28N2/c1-4-5-12(3)10-14-9-7-11(2)6-8-13/h11-12,14H,4-10,13H2,1-3H3. The molecule has 2 atom stereocenters. The van der Waals surface area contributed by atoms with Crippen LogP contribution in [0, 0.1) is 11.8 Å². The van der Waals surface area contributed by atoms with E-state index >= 15 is 0 Å². The Morgan fingerprint density at radius 1 is 1.07 bits per heavy atom. The molecule has 0 saturated heterocycles. The normalized spacial score (nSPS) is 15.4. The number of hydrogen-bond acceptors (Lipinski definition) is 2. The van der Waals surface area contributed by atoms with Gasteiger partial charge in [0.1, 0.15) is 0 Å². The molecule has 0 spiro atoms. The fourth-order valence-electron chi connectivity index (χ4n) is 1.72. The van der Waals surface area contributed by atoms with Crippen LogP contribution in [0.15, 0.2) is 0 Å². The van der Waals surface area contributed by atoms with Gasteiger partial charge in [-0.15, -0.1) is 0 Å². The Morgan fingerprint density at radius 2 is 1.79 bits per heavy atom. The van der Waals surface area contributed by atoms with Crippen LogP contribution in [0.1, 0.15) is 46.5 Å². The van der Waals surface area contributed by atoms with Crippen molar-refractivity contribution in [2.24, 2.45) is 17.6 Å². The van der Waals surface area contributed by atoms with Crippen molar-refractivity contribution < 1.29 is 0 Å². The molecule has 2 heteroatoms. The summed E-state index contributed by atoms with van der Waals surface area (Å²) in [4.78, 5) is 0. The lowest BCUT2D eigenvalue weighted by atomic mass is 10.0. The lowest BCUT2D eigenvalue weighted by Crippen LogP contribution is -2.23. The number of nitrogens with two attached hydrogens (primary N) is 1. The Balaban J connectivity index is 3.19. The zero-order valence-electron chi connectivity index (χ0n) is 10.2. The molecular formula is C12H28N2. The molecule has 0 radical (unpaired) electrons. The molecule has 0 heterocycles. The van der Waals surface area contributed by atoms with E-state index in [0.29, 0.717) is 0 Å². The second kappa shape index (κ2) is 9.47. The monoisotopic (exact) mass is 200 g/mol. The highest BCUT2D eigenvalue weighted by atomic mass is 14.8. The maximum atomic E-state index is 5.50. The van der Waals surface area contributed by atoms with E-state index in [-0.39, 0.29) is 0 Å². The summed E-state index contributed by atoms with van der Waals surface area (Å²) < 4.78 is 0. The molecule has 86 valence electrons. The van der Waals surface area contributed by atoms with E-state index in [9.17, 15) is 0 Å². The van der Waals surface area contributed by atoms with Gasteiger partial charge in [-0.25, -0.2) is 0 Å². The Labute approximate surface area is 89.6 Å². The quantitative estimate of drug-likeness (QED) is 0.561. The minimum absolute atomic E-state index is 0.772. The van der Waals surface area contributed by atoms with Gasteiger partial charge in [-0.3, -0.25) is 0 Å². The van der Waals surface area contributed by atoms with Crippen LogP contribution in [0.2, 0.25) is 0 Å². The van der Waals surface area contributed by atoms with Crippen molar-refractivity contribution in [3.8, 4) is 0 Å². The largest absolute Gasteiger partial charge is 0.330 e. The van der Waals surface area contributed by atoms with E-state index in [0.717, 1.165) is 31.3 Å². The molecule has 2 nitrogen and oxygen atoms in total. The Kier molecular flexibility index (Phi) is 9.42. The molecule has 0 amide bonds. The highest BCUT2D eigenvalue weighted by Crippen LogP contribution is 2.05. The number of hydrogen-bond donors (Lipinski definition) is 2. The number of nitrogens with one attached hydrogen (secondary N) is 1. The van der Waals surface area contributed by atoms with Crippen LogP contribution in [0.4, 0.5) is 0 Å². The lowest BCUT2D eigenvalue weighted by molar-refractivity contribution is 0.435. The fourth-order valence-corrected chi connectivity index (χ4v) is 1.72. The molecule has 0 fully saturated rings. The fraction of sp³-hybridized carbons (Fsp3) is 1.00. The van der Waals surface area contributed by atoms with Gasteiger partial charge >= 0.3 is 0 Å². The van der Waals surface area contributed by atoms with Crippen molar-refractivity contribution in [3.63, 3.8) is 0 Å². The first-order valence-electron chi connectivity index (χ1n) is 6.11.